The molecule has 1 aliphatic heterocycles. The Labute approximate surface area is 128 Å². The third-order valence-electron chi connectivity index (χ3n) is 2.82. The van der Waals surface area contributed by atoms with E-state index in [4.69, 9.17) is 5.21 Å². The fourth-order valence-corrected chi connectivity index (χ4v) is 3.29. The van der Waals surface area contributed by atoms with Crippen LogP contribution in [0, 0.1) is 7.43 Å². The second-order valence-corrected chi connectivity index (χ2v) is 5.82. The molecule has 0 atom stereocenters. The van der Waals surface area contributed by atoms with Gasteiger partial charge in [-0.25, -0.2) is 8.42 Å². The fraction of sp³-hybridized carbons (Fsp3) is 0.333. The summed E-state index contributed by atoms with van der Waals surface area (Å²) in [6, 6.07) is 8.37. The maximum absolute atomic E-state index is 12.2. The summed E-state index contributed by atoms with van der Waals surface area (Å²) in [5.74, 6) is 0. The van der Waals surface area contributed by atoms with Crippen LogP contribution < -0.4 is 0 Å². The number of nitrogens with zero attached hydrogens (tertiary/aromatic N) is 2. The minimum atomic E-state index is -3.40. The molecule has 0 unspecified atom stereocenters. The summed E-state index contributed by atoms with van der Waals surface area (Å²) >= 11 is 0. The molecule has 106 valence electrons. The van der Waals surface area contributed by atoms with Crippen LogP contribution in [0.5, 0.6) is 0 Å². The zero-order chi connectivity index (χ0) is 12.3. The van der Waals surface area contributed by atoms with Gasteiger partial charge in [0.25, 0.3) is 0 Å². The number of sulfonamides is 1. The van der Waals surface area contributed by atoms with E-state index in [9.17, 15) is 8.42 Å². The van der Waals surface area contributed by atoms with Gasteiger partial charge in [0.05, 0.1) is 10.6 Å². The molecule has 0 spiro atoms. The molecule has 0 radical (unpaired) electrons. The number of rotatable bonds is 2. The third kappa shape index (κ3) is 4.13. The molecular weight excluding hydrogens is 436 g/mol. The molecule has 0 bridgehead atoms. The van der Waals surface area contributed by atoms with Gasteiger partial charge in [-0.05, 0) is 12.1 Å². The van der Waals surface area contributed by atoms with Crippen LogP contribution in [0.1, 0.15) is 12.8 Å². The quantitative estimate of drug-likeness (QED) is 0.422. The summed E-state index contributed by atoms with van der Waals surface area (Å²) in [7, 11) is -3.40. The summed E-state index contributed by atoms with van der Waals surface area (Å²) in [5.41, 5.74) is 0.657. The molecule has 1 aromatic rings. The van der Waals surface area contributed by atoms with E-state index in [1.807, 2.05) is 0 Å². The van der Waals surface area contributed by atoms with Crippen molar-refractivity contribution in [2.24, 2.45) is 5.16 Å². The SMILES string of the molecule is O=S(=O)(c1ccccc1)N1CCC(=NO)CC1.[CH3-].[W]. The Morgan fingerprint density at radius 3 is 2.11 bits per heavy atom. The topological polar surface area (TPSA) is 70.0 Å². The molecule has 0 amide bonds. The average molecular weight is 453 g/mol. The molecule has 19 heavy (non-hydrogen) atoms. The first-order valence-corrected chi connectivity index (χ1v) is 6.83. The van der Waals surface area contributed by atoms with Crippen molar-refractivity contribution in [3.05, 3.63) is 37.8 Å². The average Bonchev–Trinajstić information content (AvgIpc) is 2.40. The first-order valence-electron chi connectivity index (χ1n) is 5.39. The summed E-state index contributed by atoms with van der Waals surface area (Å²) in [5, 5.41) is 11.7. The van der Waals surface area contributed by atoms with Gasteiger partial charge in [0.2, 0.25) is 10.0 Å². The van der Waals surface area contributed by atoms with Crippen LogP contribution in [0.3, 0.4) is 0 Å². The Morgan fingerprint density at radius 1 is 1.11 bits per heavy atom. The zero-order valence-electron chi connectivity index (χ0n) is 10.7. The largest absolute Gasteiger partial charge is 0.411 e. The van der Waals surface area contributed by atoms with Gasteiger partial charge in [0.15, 0.2) is 0 Å². The molecule has 7 heteroatoms. The molecule has 1 heterocycles. The maximum atomic E-state index is 12.2. The zero-order valence-corrected chi connectivity index (χ0v) is 14.4. The fourth-order valence-electron chi connectivity index (χ4n) is 1.83. The van der Waals surface area contributed by atoms with Gasteiger partial charge in [-0.3, -0.25) is 0 Å². The van der Waals surface area contributed by atoms with E-state index in [2.05, 4.69) is 5.16 Å². The molecule has 2 rings (SSSR count). The first-order chi connectivity index (χ1) is 8.14. The summed E-state index contributed by atoms with van der Waals surface area (Å²) < 4.78 is 25.8. The van der Waals surface area contributed by atoms with E-state index >= 15 is 0 Å². The standard InChI is InChI=1S/C11H14N2O3S.CH3.W/c14-12-10-6-8-13(9-7-10)17(15,16)11-4-2-1-3-5-11;;/h1-5,14H,6-9H2;1H3;/q;-1;. The van der Waals surface area contributed by atoms with Crippen LogP contribution in [0.2, 0.25) is 0 Å². The van der Waals surface area contributed by atoms with E-state index < -0.39 is 10.0 Å². The first kappa shape index (κ1) is 18.3. The Bertz CT molecular complexity index is 507. The number of piperidine rings is 1. The molecule has 1 aliphatic rings. The van der Waals surface area contributed by atoms with Crippen molar-refractivity contribution in [1.82, 2.24) is 4.31 Å². The Hall–Kier alpha value is -0.712. The van der Waals surface area contributed by atoms with Crippen LogP contribution in [0.15, 0.2) is 40.4 Å². The number of benzene rings is 1. The van der Waals surface area contributed by atoms with Gasteiger partial charge >= 0.3 is 0 Å². The van der Waals surface area contributed by atoms with E-state index in [0.717, 1.165) is 0 Å². The minimum absolute atomic E-state index is 0. The van der Waals surface area contributed by atoms with Crippen molar-refractivity contribution < 1.29 is 34.7 Å². The van der Waals surface area contributed by atoms with E-state index in [1.54, 1.807) is 30.3 Å². The molecule has 1 saturated heterocycles. The smallest absolute Gasteiger partial charge is 0.243 e. The van der Waals surface area contributed by atoms with Gasteiger partial charge < -0.3 is 12.6 Å². The van der Waals surface area contributed by atoms with Gasteiger partial charge in [0.1, 0.15) is 0 Å². The van der Waals surface area contributed by atoms with Crippen molar-refractivity contribution in [3.63, 3.8) is 0 Å². The van der Waals surface area contributed by atoms with Gasteiger partial charge in [-0.2, -0.15) is 4.31 Å². The third-order valence-corrected chi connectivity index (χ3v) is 4.73. The van der Waals surface area contributed by atoms with Crippen molar-refractivity contribution in [1.29, 1.82) is 0 Å². The predicted molar refractivity (Wildman–Crippen MR) is 70.1 cm³/mol. The molecule has 5 nitrogen and oxygen atoms in total. The molecule has 0 saturated carbocycles. The second kappa shape index (κ2) is 7.78. The number of hydrogen-bond acceptors (Lipinski definition) is 4. The van der Waals surface area contributed by atoms with Crippen molar-refractivity contribution >= 4 is 15.7 Å². The molecule has 1 fully saturated rings. The predicted octanol–water partition coefficient (Wildman–Crippen LogP) is 1.75. The van der Waals surface area contributed by atoms with Crippen molar-refractivity contribution in [2.45, 2.75) is 17.7 Å². The normalized spacial score (nSPS) is 16.1. The summed E-state index contributed by atoms with van der Waals surface area (Å²) in [4.78, 5) is 0.310. The Kier molecular flexibility index (Phi) is 7.48. The minimum Gasteiger partial charge on any atom is -0.411 e. The molecule has 1 aromatic carbocycles. The van der Waals surface area contributed by atoms with Gasteiger partial charge in [0, 0.05) is 47.0 Å². The number of oxime groups is 1. The molecule has 1 N–H and O–H groups in total. The van der Waals surface area contributed by atoms with Crippen LogP contribution in [0.25, 0.3) is 0 Å². The molecule has 0 aromatic heterocycles. The van der Waals surface area contributed by atoms with Gasteiger partial charge in [-0.15, -0.1) is 0 Å². The summed E-state index contributed by atoms with van der Waals surface area (Å²) in [6.45, 7) is 0.743. The monoisotopic (exact) mass is 453 g/mol. The molecular formula is C12H17N2O3SW-. The van der Waals surface area contributed by atoms with Crippen molar-refractivity contribution in [2.75, 3.05) is 13.1 Å². The van der Waals surface area contributed by atoms with E-state index in [-0.39, 0.29) is 28.5 Å². The number of hydrogen-bond donors (Lipinski definition) is 1. The summed E-state index contributed by atoms with van der Waals surface area (Å²) in [6.07, 6.45) is 0.977. The van der Waals surface area contributed by atoms with Crippen molar-refractivity contribution in [3.8, 4) is 0 Å². The van der Waals surface area contributed by atoms with Crippen LogP contribution in [-0.2, 0) is 31.1 Å². The Morgan fingerprint density at radius 2 is 1.63 bits per heavy atom. The van der Waals surface area contributed by atoms with Crippen LogP contribution >= 0.6 is 0 Å². The van der Waals surface area contributed by atoms with Crippen LogP contribution in [-0.4, -0.2) is 36.7 Å². The van der Waals surface area contributed by atoms with Crippen LogP contribution in [0.4, 0.5) is 0 Å². The van der Waals surface area contributed by atoms with E-state index in [0.29, 0.717) is 36.5 Å². The van der Waals surface area contributed by atoms with E-state index in [1.165, 1.54) is 4.31 Å². The maximum Gasteiger partial charge on any atom is 0.243 e. The van der Waals surface area contributed by atoms with Gasteiger partial charge in [-0.1, -0.05) is 23.4 Å². The Balaban J connectivity index is 0.00000162. The second-order valence-electron chi connectivity index (χ2n) is 3.88. The molecule has 0 aliphatic carbocycles.